The maximum atomic E-state index is 13.2. The first-order valence-electron chi connectivity index (χ1n) is 7.50. The van der Waals surface area contributed by atoms with Gasteiger partial charge >= 0.3 is 0 Å². The van der Waals surface area contributed by atoms with E-state index in [1.54, 1.807) is 6.07 Å². The molecule has 1 saturated carbocycles. The Morgan fingerprint density at radius 2 is 2.29 bits per heavy atom. The number of amides is 1. The van der Waals surface area contributed by atoms with E-state index in [1.807, 2.05) is 6.92 Å². The summed E-state index contributed by atoms with van der Waals surface area (Å²) in [6.07, 6.45) is 2.28. The molecule has 0 unspecified atom stereocenters. The number of nitrogens with one attached hydrogen (secondary N) is 1. The van der Waals surface area contributed by atoms with Crippen LogP contribution in [0.1, 0.15) is 24.7 Å². The maximum Gasteiger partial charge on any atom is 0.236 e. The first-order chi connectivity index (χ1) is 11.6. The molecule has 4 rings (SSSR count). The molecule has 0 atom stereocenters. The molecule has 24 heavy (non-hydrogen) atoms. The highest BCUT2D eigenvalue weighted by atomic mass is 32.2. The normalized spacial score (nSPS) is 14.2. The number of aryl methyl sites for hydroxylation is 1. The van der Waals surface area contributed by atoms with Crippen LogP contribution in [0.3, 0.4) is 0 Å². The van der Waals surface area contributed by atoms with Crippen LogP contribution >= 0.6 is 23.1 Å². The average molecular weight is 363 g/mol. The molecule has 0 spiro atoms. The highest BCUT2D eigenvalue weighted by molar-refractivity contribution is 7.99. The van der Waals surface area contributed by atoms with Gasteiger partial charge in [-0.15, -0.1) is 10.2 Å². The van der Waals surface area contributed by atoms with Gasteiger partial charge < -0.3 is 9.88 Å². The van der Waals surface area contributed by atoms with Gasteiger partial charge in [0.05, 0.1) is 16.0 Å². The van der Waals surface area contributed by atoms with Gasteiger partial charge in [-0.05, 0) is 38.0 Å². The molecular formula is C15H14FN5OS2. The predicted octanol–water partition coefficient (Wildman–Crippen LogP) is 3.40. The van der Waals surface area contributed by atoms with Crippen LogP contribution in [-0.4, -0.2) is 31.4 Å². The summed E-state index contributed by atoms with van der Waals surface area (Å²) in [4.78, 5) is 16.4. The average Bonchev–Trinajstić information content (AvgIpc) is 3.19. The van der Waals surface area contributed by atoms with Gasteiger partial charge in [0.2, 0.25) is 5.91 Å². The smallest absolute Gasteiger partial charge is 0.236 e. The van der Waals surface area contributed by atoms with E-state index in [0.29, 0.717) is 21.4 Å². The van der Waals surface area contributed by atoms with Crippen LogP contribution in [0.4, 0.5) is 9.52 Å². The second-order valence-corrected chi connectivity index (χ2v) is 7.57. The third-order valence-electron chi connectivity index (χ3n) is 3.68. The molecule has 6 nitrogen and oxygen atoms in total. The van der Waals surface area contributed by atoms with E-state index >= 15 is 0 Å². The zero-order valence-electron chi connectivity index (χ0n) is 12.8. The fourth-order valence-electron chi connectivity index (χ4n) is 2.44. The molecule has 1 aliphatic carbocycles. The molecule has 1 amide bonds. The first kappa shape index (κ1) is 15.5. The molecule has 1 aliphatic rings. The number of halogens is 1. The standard InChI is InChI=1S/C15H14FN5OS2/c1-8-19-20-15(21(8)10-3-4-10)23-7-13(22)18-14-17-11-5-2-9(16)6-12(11)24-14/h2,5-6,10H,3-4,7H2,1H3,(H,17,18,22). The number of anilines is 1. The van der Waals surface area contributed by atoms with Crippen LogP contribution in [-0.2, 0) is 4.79 Å². The number of hydrogen-bond acceptors (Lipinski definition) is 6. The predicted molar refractivity (Wildman–Crippen MR) is 92.0 cm³/mol. The summed E-state index contributed by atoms with van der Waals surface area (Å²) in [5, 5.41) is 12.2. The maximum absolute atomic E-state index is 13.2. The fourth-order valence-corrected chi connectivity index (χ4v) is 4.20. The summed E-state index contributed by atoms with van der Waals surface area (Å²) in [6.45, 7) is 1.93. The van der Waals surface area contributed by atoms with Crippen LogP contribution in [0, 0.1) is 12.7 Å². The zero-order valence-corrected chi connectivity index (χ0v) is 14.5. The van der Waals surface area contributed by atoms with Crippen molar-refractivity contribution in [3.8, 4) is 0 Å². The van der Waals surface area contributed by atoms with Crippen molar-refractivity contribution in [3.05, 3.63) is 29.8 Å². The van der Waals surface area contributed by atoms with Crippen LogP contribution in [0.2, 0.25) is 0 Å². The fraction of sp³-hybridized carbons (Fsp3) is 0.333. The van der Waals surface area contributed by atoms with Crippen molar-refractivity contribution < 1.29 is 9.18 Å². The number of thiazole rings is 1. The molecular weight excluding hydrogens is 349 g/mol. The number of hydrogen-bond donors (Lipinski definition) is 1. The number of thioether (sulfide) groups is 1. The summed E-state index contributed by atoms with van der Waals surface area (Å²) >= 11 is 2.63. The summed E-state index contributed by atoms with van der Waals surface area (Å²) < 4.78 is 16.0. The Kier molecular flexibility index (Phi) is 3.97. The lowest BCUT2D eigenvalue weighted by Crippen LogP contribution is -2.14. The zero-order chi connectivity index (χ0) is 16.7. The van der Waals surface area contributed by atoms with Gasteiger partial charge in [0.15, 0.2) is 10.3 Å². The van der Waals surface area contributed by atoms with Gasteiger partial charge in [-0.2, -0.15) is 0 Å². The van der Waals surface area contributed by atoms with Gasteiger partial charge in [-0.25, -0.2) is 9.37 Å². The van der Waals surface area contributed by atoms with Gasteiger partial charge in [-0.3, -0.25) is 4.79 Å². The molecule has 0 radical (unpaired) electrons. The van der Waals surface area contributed by atoms with Crippen LogP contribution in [0.5, 0.6) is 0 Å². The number of nitrogens with zero attached hydrogens (tertiary/aromatic N) is 4. The van der Waals surface area contributed by atoms with Crippen molar-refractivity contribution in [1.82, 2.24) is 19.7 Å². The Morgan fingerprint density at radius 1 is 1.46 bits per heavy atom. The van der Waals surface area contributed by atoms with Gasteiger partial charge in [-0.1, -0.05) is 23.1 Å². The van der Waals surface area contributed by atoms with E-state index in [4.69, 9.17) is 0 Å². The van der Waals surface area contributed by atoms with E-state index in [0.717, 1.165) is 23.8 Å². The summed E-state index contributed by atoms with van der Waals surface area (Å²) in [7, 11) is 0. The molecule has 0 saturated heterocycles. The summed E-state index contributed by atoms with van der Waals surface area (Å²) in [6, 6.07) is 4.85. The number of benzene rings is 1. The Balaban J connectivity index is 1.41. The largest absolute Gasteiger partial charge is 0.303 e. The molecule has 9 heteroatoms. The molecule has 1 N–H and O–H groups in total. The molecule has 0 aliphatic heterocycles. The first-order valence-corrected chi connectivity index (χ1v) is 9.30. The molecule has 1 aromatic carbocycles. The van der Waals surface area contributed by atoms with Crippen molar-refractivity contribution >= 4 is 44.4 Å². The highest BCUT2D eigenvalue weighted by Crippen LogP contribution is 2.38. The van der Waals surface area contributed by atoms with Crippen LogP contribution < -0.4 is 5.32 Å². The Hall–Kier alpha value is -2.00. The van der Waals surface area contributed by atoms with Crippen molar-refractivity contribution in [1.29, 1.82) is 0 Å². The van der Waals surface area contributed by atoms with Crippen molar-refractivity contribution in [2.24, 2.45) is 0 Å². The second kappa shape index (κ2) is 6.14. The van der Waals surface area contributed by atoms with Crippen LogP contribution in [0.15, 0.2) is 23.4 Å². The highest BCUT2D eigenvalue weighted by Gasteiger charge is 2.28. The third kappa shape index (κ3) is 3.13. The molecule has 2 aromatic heterocycles. The quantitative estimate of drug-likeness (QED) is 0.704. The van der Waals surface area contributed by atoms with Crippen molar-refractivity contribution in [2.75, 3.05) is 11.1 Å². The lowest BCUT2D eigenvalue weighted by Gasteiger charge is -2.05. The Morgan fingerprint density at radius 3 is 3.08 bits per heavy atom. The molecule has 0 bridgehead atoms. The number of fused-ring (bicyclic) bond motifs is 1. The third-order valence-corrected chi connectivity index (χ3v) is 5.55. The molecule has 124 valence electrons. The molecule has 3 aromatic rings. The number of rotatable bonds is 5. The minimum Gasteiger partial charge on any atom is -0.303 e. The minimum atomic E-state index is -0.311. The minimum absolute atomic E-state index is 0.164. The van der Waals surface area contributed by atoms with Crippen molar-refractivity contribution in [3.63, 3.8) is 0 Å². The summed E-state index contributed by atoms with van der Waals surface area (Å²) in [5.41, 5.74) is 0.674. The van der Waals surface area contributed by atoms with E-state index in [9.17, 15) is 9.18 Å². The van der Waals surface area contributed by atoms with E-state index in [-0.39, 0.29) is 17.5 Å². The molecule has 2 heterocycles. The second-order valence-electron chi connectivity index (χ2n) is 5.60. The van der Waals surface area contributed by atoms with Gasteiger partial charge in [0, 0.05) is 6.04 Å². The van der Waals surface area contributed by atoms with Crippen LogP contribution in [0.25, 0.3) is 10.2 Å². The number of carbonyl (C=O) groups excluding carboxylic acids is 1. The Bertz CT molecular complexity index is 918. The SMILES string of the molecule is Cc1nnc(SCC(=O)Nc2nc3ccc(F)cc3s2)n1C1CC1. The molecule has 1 fully saturated rings. The van der Waals surface area contributed by atoms with Gasteiger partial charge in [0.25, 0.3) is 0 Å². The summed E-state index contributed by atoms with van der Waals surface area (Å²) in [5.74, 6) is 0.639. The number of aromatic nitrogens is 4. The number of carbonyl (C=O) groups is 1. The van der Waals surface area contributed by atoms with E-state index < -0.39 is 0 Å². The monoisotopic (exact) mass is 363 g/mol. The van der Waals surface area contributed by atoms with Crippen molar-refractivity contribution in [2.45, 2.75) is 31.0 Å². The van der Waals surface area contributed by atoms with E-state index in [2.05, 4.69) is 25.1 Å². The lowest BCUT2D eigenvalue weighted by molar-refractivity contribution is -0.113. The topological polar surface area (TPSA) is 72.7 Å². The lowest BCUT2D eigenvalue weighted by atomic mass is 10.3. The van der Waals surface area contributed by atoms with E-state index in [1.165, 1.54) is 35.2 Å². The Labute approximate surface area is 145 Å². The van der Waals surface area contributed by atoms with Gasteiger partial charge in [0.1, 0.15) is 11.6 Å².